The number of rotatable bonds is 1. The molecule has 0 spiro atoms. The maximum absolute atomic E-state index is 12.5. The van der Waals surface area contributed by atoms with Crippen molar-refractivity contribution in [2.75, 3.05) is 6.61 Å². The number of thioether (sulfide) groups is 2. The summed E-state index contributed by atoms with van der Waals surface area (Å²) in [7, 11) is 0. The van der Waals surface area contributed by atoms with E-state index >= 15 is 0 Å². The Balaban J connectivity index is 1.85. The van der Waals surface area contributed by atoms with Gasteiger partial charge in [-0.2, -0.15) is 0 Å². The lowest BCUT2D eigenvalue weighted by Crippen LogP contribution is -2.41. The van der Waals surface area contributed by atoms with Gasteiger partial charge in [-0.3, -0.25) is 4.90 Å². The molecule has 0 aliphatic carbocycles. The van der Waals surface area contributed by atoms with Crippen molar-refractivity contribution in [1.29, 1.82) is 0 Å². The summed E-state index contributed by atoms with van der Waals surface area (Å²) in [5.41, 5.74) is 2.08. The Morgan fingerprint density at radius 1 is 1.14 bits per heavy atom. The number of ether oxygens (including phenoxy) is 1. The maximum Gasteiger partial charge on any atom is 0.412 e. The second-order valence-electron chi connectivity index (χ2n) is 4.84. The molecule has 1 amide bonds. The highest BCUT2D eigenvalue weighted by Gasteiger charge is 2.45. The van der Waals surface area contributed by atoms with Crippen molar-refractivity contribution in [3.63, 3.8) is 0 Å². The Hall–Kier alpha value is -1.73. The van der Waals surface area contributed by atoms with E-state index in [0.717, 1.165) is 21.2 Å². The van der Waals surface area contributed by atoms with Crippen LogP contribution in [-0.4, -0.2) is 27.6 Å². The van der Waals surface area contributed by atoms with E-state index in [1.54, 1.807) is 40.8 Å². The molecule has 2 aliphatic rings. The molecule has 2 bridgehead atoms. The summed E-state index contributed by atoms with van der Waals surface area (Å²) >= 11 is 3.16. The molecule has 112 valence electrons. The van der Waals surface area contributed by atoms with E-state index in [1.165, 1.54) is 0 Å². The third kappa shape index (κ3) is 2.07. The van der Waals surface area contributed by atoms with Crippen molar-refractivity contribution in [3.05, 3.63) is 47.8 Å². The van der Waals surface area contributed by atoms with Crippen LogP contribution in [0.4, 0.5) is 4.79 Å². The number of aromatic nitrogens is 2. The van der Waals surface area contributed by atoms with Gasteiger partial charge in [-0.25, -0.2) is 14.8 Å². The zero-order valence-electron chi connectivity index (χ0n) is 11.8. The van der Waals surface area contributed by atoms with Crippen molar-refractivity contribution in [2.24, 2.45) is 0 Å². The number of hydrogen-bond donors (Lipinski definition) is 0. The lowest BCUT2D eigenvalue weighted by molar-refractivity contribution is 0.0955. The minimum Gasteiger partial charge on any atom is -0.450 e. The van der Waals surface area contributed by atoms with Crippen LogP contribution >= 0.6 is 23.5 Å². The van der Waals surface area contributed by atoms with Gasteiger partial charge in [0.1, 0.15) is 20.8 Å². The first-order valence-electron chi connectivity index (χ1n) is 6.98. The van der Waals surface area contributed by atoms with Crippen LogP contribution in [0.2, 0.25) is 0 Å². The van der Waals surface area contributed by atoms with E-state index in [9.17, 15) is 4.79 Å². The number of amides is 1. The molecule has 0 saturated heterocycles. The topological polar surface area (TPSA) is 55.3 Å². The summed E-state index contributed by atoms with van der Waals surface area (Å²) in [5.74, 6) is 0. The molecule has 2 aromatic heterocycles. The predicted molar refractivity (Wildman–Crippen MR) is 84.5 cm³/mol. The largest absolute Gasteiger partial charge is 0.450 e. The van der Waals surface area contributed by atoms with Crippen molar-refractivity contribution < 1.29 is 9.53 Å². The van der Waals surface area contributed by atoms with E-state index in [4.69, 9.17) is 4.74 Å². The molecule has 2 aliphatic heterocycles. The van der Waals surface area contributed by atoms with Gasteiger partial charge in [-0.05, 0) is 19.1 Å². The molecule has 0 fully saturated rings. The average molecular weight is 331 g/mol. The highest BCUT2D eigenvalue weighted by Crippen LogP contribution is 2.59. The lowest BCUT2D eigenvalue weighted by Gasteiger charge is -2.44. The molecule has 0 aromatic carbocycles. The molecular formula is C15H13N3O2S2. The normalized spacial score (nSPS) is 21.8. The van der Waals surface area contributed by atoms with Gasteiger partial charge in [0, 0.05) is 23.5 Å². The Morgan fingerprint density at radius 3 is 2.18 bits per heavy atom. The molecule has 0 radical (unpaired) electrons. The second kappa shape index (κ2) is 5.48. The summed E-state index contributed by atoms with van der Waals surface area (Å²) in [6, 6.07) is 7.84. The summed E-state index contributed by atoms with van der Waals surface area (Å²) in [4.78, 5) is 23.2. The molecule has 7 heteroatoms. The fourth-order valence-electron chi connectivity index (χ4n) is 2.64. The molecule has 2 unspecified atom stereocenters. The standard InChI is InChI=1S/C15H13N3O2S2/c1-2-20-15(19)18-13-9-5-3-7-16-11(9)21-14(18)10-6-4-8-17-12(10)22-13/h3-8,13-14H,2H2,1H3. The highest BCUT2D eigenvalue weighted by molar-refractivity contribution is 8.01. The van der Waals surface area contributed by atoms with E-state index in [1.807, 2.05) is 31.2 Å². The van der Waals surface area contributed by atoms with E-state index < -0.39 is 0 Å². The number of hydrogen-bond acceptors (Lipinski definition) is 6. The van der Waals surface area contributed by atoms with Crippen molar-refractivity contribution >= 4 is 29.6 Å². The van der Waals surface area contributed by atoms with Gasteiger partial charge >= 0.3 is 6.09 Å². The summed E-state index contributed by atoms with van der Waals surface area (Å²) in [6.45, 7) is 2.19. The van der Waals surface area contributed by atoms with Crippen LogP contribution in [0.15, 0.2) is 46.7 Å². The molecule has 2 atom stereocenters. The fraction of sp³-hybridized carbons (Fsp3) is 0.267. The lowest BCUT2D eigenvalue weighted by atomic mass is 10.2. The Labute approximate surface area is 136 Å². The van der Waals surface area contributed by atoms with Crippen LogP contribution in [0.25, 0.3) is 0 Å². The number of nitrogens with zero attached hydrogens (tertiary/aromatic N) is 3. The van der Waals surface area contributed by atoms with Crippen LogP contribution in [0.1, 0.15) is 28.8 Å². The number of carbonyl (C=O) groups is 1. The quantitative estimate of drug-likeness (QED) is 0.791. The first kappa shape index (κ1) is 13.9. The van der Waals surface area contributed by atoms with Crippen LogP contribution in [0.5, 0.6) is 0 Å². The molecule has 5 nitrogen and oxygen atoms in total. The van der Waals surface area contributed by atoms with Gasteiger partial charge < -0.3 is 4.74 Å². The van der Waals surface area contributed by atoms with Gasteiger partial charge in [-0.15, -0.1) is 0 Å². The third-order valence-corrected chi connectivity index (χ3v) is 6.10. The smallest absolute Gasteiger partial charge is 0.412 e. The SMILES string of the molecule is CCOC(=O)N1C2Sc3ncccc3C1Sc1ncccc12. The first-order valence-corrected chi connectivity index (χ1v) is 8.73. The molecular weight excluding hydrogens is 318 g/mol. The zero-order valence-corrected chi connectivity index (χ0v) is 13.4. The monoisotopic (exact) mass is 331 g/mol. The Kier molecular flexibility index (Phi) is 3.46. The van der Waals surface area contributed by atoms with E-state index in [-0.39, 0.29) is 16.8 Å². The summed E-state index contributed by atoms with van der Waals surface area (Å²) < 4.78 is 5.27. The third-order valence-electron chi connectivity index (χ3n) is 3.56. The molecule has 2 aromatic rings. The minimum absolute atomic E-state index is 0.142. The number of pyridine rings is 2. The molecule has 4 heterocycles. The van der Waals surface area contributed by atoms with Crippen LogP contribution in [0.3, 0.4) is 0 Å². The Morgan fingerprint density at radius 2 is 1.68 bits per heavy atom. The molecule has 22 heavy (non-hydrogen) atoms. The molecule has 4 rings (SSSR count). The Bertz CT molecular complexity index is 687. The van der Waals surface area contributed by atoms with Crippen molar-refractivity contribution in [1.82, 2.24) is 14.9 Å². The average Bonchev–Trinajstić information content (AvgIpc) is 2.55. The summed E-state index contributed by atoms with van der Waals surface area (Å²) in [6.07, 6.45) is 3.29. The zero-order chi connectivity index (χ0) is 15.1. The van der Waals surface area contributed by atoms with Gasteiger partial charge in [0.15, 0.2) is 0 Å². The van der Waals surface area contributed by atoms with Gasteiger partial charge in [0.2, 0.25) is 0 Å². The van der Waals surface area contributed by atoms with E-state index in [2.05, 4.69) is 9.97 Å². The van der Waals surface area contributed by atoms with Gasteiger partial charge in [0.25, 0.3) is 0 Å². The van der Waals surface area contributed by atoms with Crippen LogP contribution in [0, 0.1) is 0 Å². The molecule has 0 N–H and O–H groups in total. The van der Waals surface area contributed by atoms with Gasteiger partial charge in [-0.1, -0.05) is 35.7 Å². The van der Waals surface area contributed by atoms with Crippen molar-refractivity contribution in [3.8, 4) is 0 Å². The second-order valence-corrected chi connectivity index (χ2v) is 6.98. The van der Waals surface area contributed by atoms with E-state index in [0.29, 0.717) is 6.61 Å². The van der Waals surface area contributed by atoms with Crippen LogP contribution < -0.4 is 0 Å². The predicted octanol–water partition coefficient (Wildman–Crippen LogP) is 3.84. The highest BCUT2D eigenvalue weighted by atomic mass is 32.2. The fourth-order valence-corrected chi connectivity index (χ4v) is 5.44. The van der Waals surface area contributed by atoms with Gasteiger partial charge in [0.05, 0.1) is 6.61 Å². The van der Waals surface area contributed by atoms with Crippen molar-refractivity contribution in [2.45, 2.75) is 27.7 Å². The summed E-state index contributed by atoms with van der Waals surface area (Å²) in [5, 5.41) is 1.66. The first-order chi connectivity index (χ1) is 10.8. The maximum atomic E-state index is 12.5. The minimum atomic E-state index is -0.290. The number of carbonyl (C=O) groups excluding carboxylic acids is 1. The van der Waals surface area contributed by atoms with Crippen LogP contribution in [-0.2, 0) is 4.74 Å². The number of fused-ring (bicyclic) bond motifs is 6. The molecule has 0 saturated carbocycles.